The number of hydrogen-bond acceptors (Lipinski definition) is 2. The third-order valence-corrected chi connectivity index (χ3v) is 10.7. The number of para-hydroxylation sites is 2. The first-order valence-electron chi connectivity index (χ1n) is 18.1. The van der Waals surface area contributed by atoms with E-state index in [1.165, 1.54) is 54.5 Å². The zero-order chi connectivity index (χ0) is 34.9. The van der Waals surface area contributed by atoms with Crippen molar-refractivity contribution >= 4 is 82.4 Å². The van der Waals surface area contributed by atoms with Gasteiger partial charge in [-0.15, -0.1) is 0 Å². The number of benzene rings is 9. The summed E-state index contributed by atoms with van der Waals surface area (Å²) in [6.45, 7) is 0. The number of fused-ring (bicyclic) bond motifs is 8. The molecule has 9 aromatic carbocycles. The molecule has 0 radical (unpaired) electrons. The van der Waals surface area contributed by atoms with E-state index in [1.807, 2.05) is 0 Å². The smallest absolute Gasteiger partial charge is 0.136 e. The third kappa shape index (κ3) is 4.75. The van der Waals surface area contributed by atoms with Crippen molar-refractivity contribution in [3.05, 3.63) is 194 Å². The summed E-state index contributed by atoms with van der Waals surface area (Å²) in [6.07, 6.45) is 0. The SMILES string of the molecule is c1ccc(-c2cc(N(c3ccc4oc5cc6ccccc6cc5c4c3)c3ccc4c(c3)c3ccccc3n4-c3ccccc3)cc3ccccc23)cc1. The van der Waals surface area contributed by atoms with E-state index in [2.05, 4.69) is 204 Å². The lowest BCUT2D eigenvalue weighted by molar-refractivity contribution is 0.669. The molecule has 2 aromatic heterocycles. The Kier molecular flexibility index (Phi) is 6.55. The van der Waals surface area contributed by atoms with Crippen molar-refractivity contribution in [1.29, 1.82) is 0 Å². The lowest BCUT2D eigenvalue weighted by Crippen LogP contribution is -2.10. The van der Waals surface area contributed by atoms with Crippen LogP contribution >= 0.6 is 0 Å². The summed E-state index contributed by atoms with van der Waals surface area (Å²) in [5.41, 5.74) is 10.9. The van der Waals surface area contributed by atoms with E-state index < -0.39 is 0 Å². The van der Waals surface area contributed by atoms with Gasteiger partial charge in [0.2, 0.25) is 0 Å². The fraction of sp³-hybridized carbons (Fsp3) is 0. The molecule has 0 saturated heterocycles. The van der Waals surface area contributed by atoms with E-state index in [0.717, 1.165) is 44.7 Å². The maximum atomic E-state index is 6.47. The molecule has 2 heterocycles. The van der Waals surface area contributed by atoms with Crippen LogP contribution in [0.3, 0.4) is 0 Å². The summed E-state index contributed by atoms with van der Waals surface area (Å²) in [6, 6.07) is 69.9. The van der Waals surface area contributed by atoms with Crippen molar-refractivity contribution in [3.63, 3.8) is 0 Å². The Hall–Kier alpha value is -7.10. The van der Waals surface area contributed by atoms with Crippen molar-refractivity contribution in [2.24, 2.45) is 0 Å². The second kappa shape index (κ2) is 11.7. The van der Waals surface area contributed by atoms with Crippen LogP contribution in [-0.2, 0) is 0 Å². The molecule has 0 aliphatic carbocycles. The van der Waals surface area contributed by atoms with Gasteiger partial charge in [0.05, 0.1) is 11.0 Å². The molecule has 0 aliphatic rings. The molecule has 11 aromatic rings. The summed E-state index contributed by atoms with van der Waals surface area (Å²) in [7, 11) is 0. The van der Waals surface area contributed by atoms with Crippen LogP contribution < -0.4 is 4.90 Å². The third-order valence-electron chi connectivity index (χ3n) is 10.7. The van der Waals surface area contributed by atoms with Gasteiger partial charge in [0, 0.05) is 44.3 Å². The lowest BCUT2D eigenvalue weighted by Gasteiger charge is -2.27. The van der Waals surface area contributed by atoms with Crippen LogP contribution in [0.15, 0.2) is 199 Å². The highest BCUT2D eigenvalue weighted by molar-refractivity contribution is 6.13. The Morgan fingerprint density at radius 1 is 0.358 bits per heavy atom. The fourth-order valence-electron chi connectivity index (χ4n) is 8.27. The van der Waals surface area contributed by atoms with Crippen LogP contribution in [0, 0.1) is 0 Å². The molecule has 0 bridgehead atoms. The summed E-state index contributed by atoms with van der Waals surface area (Å²) in [4.78, 5) is 2.41. The first-order valence-corrected chi connectivity index (χ1v) is 18.1. The zero-order valence-corrected chi connectivity index (χ0v) is 28.8. The van der Waals surface area contributed by atoms with Gasteiger partial charge in [-0.3, -0.25) is 0 Å². The molecule has 0 N–H and O–H groups in total. The molecule has 0 saturated carbocycles. The standard InChI is InChI=1S/C50H32N2O/c1-3-13-33(14-4-1)43-32-40(27-36-17-9-10-20-41(36)43)51(39-24-26-49-46(31-39)45-28-34-15-7-8-16-35(34)29-50(45)53-49)38-23-25-48-44(30-38)42-21-11-12-22-47(42)52(48)37-18-5-2-6-19-37/h1-32H. The summed E-state index contributed by atoms with van der Waals surface area (Å²) >= 11 is 0. The van der Waals surface area contributed by atoms with Crippen LogP contribution in [0.4, 0.5) is 17.1 Å². The molecule has 0 amide bonds. The van der Waals surface area contributed by atoms with Crippen LogP contribution in [0.25, 0.3) is 82.1 Å². The maximum Gasteiger partial charge on any atom is 0.136 e. The first-order chi connectivity index (χ1) is 26.3. The predicted octanol–water partition coefficient (Wildman–Crippen LogP) is 14.1. The van der Waals surface area contributed by atoms with Crippen LogP contribution in [0.5, 0.6) is 0 Å². The minimum atomic E-state index is 0.879. The highest BCUT2D eigenvalue weighted by Gasteiger charge is 2.20. The fourth-order valence-corrected chi connectivity index (χ4v) is 8.27. The van der Waals surface area contributed by atoms with Crippen LogP contribution in [-0.4, -0.2) is 4.57 Å². The Labute approximate surface area is 306 Å². The average Bonchev–Trinajstić information content (AvgIpc) is 3.75. The quantitative estimate of drug-likeness (QED) is 0.181. The lowest BCUT2D eigenvalue weighted by atomic mass is 9.96. The number of anilines is 3. The molecule has 0 aliphatic heterocycles. The van der Waals surface area contributed by atoms with Gasteiger partial charge in [0.25, 0.3) is 0 Å². The van der Waals surface area contributed by atoms with E-state index in [9.17, 15) is 0 Å². The zero-order valence-electron chi connectivity index (χ0n) is 28.8. The summed E-state index contributed by atoms with van der Waals surface area (Å²) < 4.78 is 8.84. The van der Waals surface area contributed by atoms with Gasteiger partial charge < -0.3 is 13.9 Å². The monoisotopic (exact) mass is 676 g/mol. The highest BCUT2D eigenvalue weighted by Crippen LogP contribution is 2.44. The first kappa shape index (κ1) is 29.6. The normalized spacial score (nSPS) is 11.8. The van der Waals surface area contributed by atoms with Gasteiger partial charge in [0.1, 0.15) is 11.2 Å². The summed E-state index contributed by atoms with van der Waals surface area (Å²) in [5, 5.41) is 9.44. The molecular weight excluding hydrogens is 645 g/mol. The van der Waals surface area contributed by atoms with Gasteiger partial charge in [-0.2, -0.15) is 0 Å². The number of aromatic nitrogens is 1. The van der Waals surface area contributed by atoms with Gasteiger partial charge in [-0.1, -0.05) is 115 Å². The largest absolute Gasteiger partial charge is 0.456 e. The molecular formula is C50H32N2O. The van der Waals surface area contributed by atoms with Gasteiger partial charge in [-0.25, -0.2) is 0 Å². The van der Waals surface area contributed by atoms with E-state index in [4.69, 9.17) is 4.42 Å². The second-order valence-electron chi connectivity index (χ2n) is 13.8. The number of nitrogens with zero attached hydrogens (tertiary/aromatic N) is 2. The number of hydrogen-bond donors (Lipinski definition) is 0. The molecule has 0 unspecified atom stereocenters. The number of rotatable bonds is 5. The molecule has 53 heavy (non-hydrogen) atoms. The molecule has 11 rings (SSSR count). The Morgan fingerprint density at radius 2 is 0.962 bits per heavy atom. The topological polar surface area (TPSA) is 21.3 Å². The molecule has 3 heteroatoms. The number of furan rings is 1. The Morgan fingerprint density at radius 3 is 1.77 bits per heavy atom. The van der Waals surface area contributed by atoms with Gasteiger partial charge in [0.15, 0.2) is 0 Å². The van der Waals surface area contributed by atoms with E-state index in [0.29, 0.717) is 0 Å². The molecule has 0 atom stereocenters. The Balaban J connectivity index is 1.19. The van der Waals surface area contributed by atoms with Gasteiger partial charge >= 0.3 is 0 Å². The summed E-state index contributed by atoms with van der Waals surface area (Å²) in [5.74, 6) is 0. The molecule has 248 valence electrons. The van der Waals surface area contributed by atoms with Crippen molar-refractivity contribution < 1.29 is 4.42 Å². The molecule has 0 spiro atoms. The Bertz CT molecular complexity index is 3170. The van der Waals surface area contributed by atoms with E-state index in [-0.39, 0.29) is 0 Å². The highest BCUT2D eigenvalue weighted by atomic mass is 16.3. The van der Waals surface area contributed by atoms with Crippen molar-refractivity contribution in [2.75, 3.05) is 4.90 Å². The maximum absolute atomic E-state index is 6.47. The predicted molar refractivity (Wildman–Crippen MR) is 223 cm³/mol. The van der Waals surface area contributed by atoms with Crippen LogP contribution in [0.1, 0.15) is 0 Å². The van der Waals surface area contributed by atoms with Crippen molar-refractivity contribution in [3.8, 4) is 16.8 Å². The molecule has 3 nitrogen and oxygen atoms in total. The van der Waals surface area contributed by atoms with Crippen LogP contribution in [0.2, 0.25) is 0 Å². The average molecular weight is 677 g/mol. The van der Waals surface area contributed by atoms with E-state index >= 15 is 0 Å². The van der Waals surface area contributed by atoms with Gasteiger partial charge in [-0.05, 0) is 112 Å². The minimum absolute atomic E-state index is 0.879. The van der Waals surface area contributed by atoms with Crippen molar-refractivity contribution in [2.45, 2.75) is 0 Å². The minimum Gasteiger partial charge on any atom is -0.456 e. The second-order valence-corrected chi connectivity index (χ2v) is 13.8. The van der Waals surface area contributed by atoms with Crippen molar-refractivity contribution in [1.82, 2.24) is 4.57 Å². The molecule has 0 fully saturated rings. The van der Waals surface area contributed by atoms with E-state index in [1.54, 1.807) is 0 Å².